The lowest BCUT2D eigenvalue weighted by atomic mass is 10.1. The van der Waals surface area contributed by atoms with E-state index in [2.05, 4.69) is 11.3 Å². The summed E-state index contributed by atoms with van der Waals surface area (Å²) in [5.41, 5.74) is 2.96. The van der Waals surface area contributed by atoms with Crippen LogP contribution in [0.25, 0.3) is 0 Å². The first-order valence-electron chi connectivity index (χ1n) is 12.6. The van der Waals surface area contributed by atoms with Gasteiger partial charge in [0.1, 0.15) is 6.10 Å². The second-order valence-corrected chi connectivity index (χ2v) is 8.24. The second-order valence-electron chi connectivity index (χ2n) is 8.24. The Morgan fingerprint density at radius 1 is 0.763 bits per heavy atom. The molecule has 0 radical (unpaired) electrons. The third-order valence-electron chi connectivity index (χ3n) is 4.84. The van der Waals surface area contributed by atoms with Crippen LogP contribution in [-0.2, 0) is 19.1 Å². The molecule has 0 aliphatic heterocycles. The summed E-state index contributed by atoms with van der Waals surface area (Å²) in [6, 6.07) is 28.8. The van der Waals surface area contributed by atoms with E-state index in [4.69, 9.17) is 14.9 Å². The van der Waals surface area contributed by atoms with E-state index in [0.29, 0.717) is 6.42 Å². The van der Waals surface area contributed by atoms with Gasteiger partial charge in [-0.2, -0.15) is 0 Å². The summed E-state index contributed by atoms with van der Waals surface area (Å²) in [4.78, 5) is 21.0. The molecule has 3 rings (SSSR count). The van der Waals surface area contributed by atoms with Gasteiger partial charge in [0.15, 0.2) is 0 Å². The molecule has 6 heteroatoms. The van der Waals surface area contributed by atoms with E-state index >= 15 is 0 Å². The van der Waals surface area contributed by atoms with Crippen molar-refractivity contribution in [1.82, 2.24) is 0 Å². The molecule has 3 atom stereocenters. The minimum atomic E-state index is -0.341. The molecular formula is C32H42O6. The SMILES string of the molecule is C=COC(=O)CCC.CC(=O)O[C@@H](C)c1ccccc1.CC(O)c1ccccc1.C[C@@H](O)c1ccccc1. The van der Waals surface area contributed by atoms with Crippen molar-refractivity contribution in [2.45, 2.75) is 65.8 Å². The first-order valence-corrected chi connectivity index (χ1v) is 12.6. The average molecular weight is 523 g/mol. The number of ether oxygens (including phenoxy) is 2. The predicted molar refractivity (Wildman–Crippen MR) is 152 cm³/mol. The van der Waals surface area contributed by atoms with Crippen LogP contribution in [0, 0.1) is 0 Å². The van der Waals surface area contributed by atoms with Gasteiger partial charge in [0.05, 0.1) is 18.5 Å². The highest BCUT2D eigenvalue weighted by atomic mass is 16.5. The Labute approximate surface area is 227 Å². The lowest BCUT2D eigenvalue weighted by molar-refractivity contribution is -0.145. The van der Waals surface area contributed by atoms with E-state index in [9.17, 15) is 9.59 Å². The molecule has 0 saturated heterocycles. The zero-order chi connectivity index (χ0) is 28.8. The fourth-order valence-corrected chi connectivity index (χ4v) is 2.86. The van der Waals surface area contributed by atoms with Gasteiger partial charge in [0.2, 0.25) is 0 Å². The molecule has 2 N–H and O–H groups in total. The molecule has 0 aliphatic carbocycles. The van der Waals surface area contributed by atoms with Crippen molar-refractivity contribution in [2.24, 2.45) is 0 Å². The van der Waals surface area contributed by atoms with E-state index in [1.165, 1.54) is 6.92 Å². The van der Waals surface area contributed by atoms with Crippen LogP contribution in [0.4, 0.5) is 0 Å². The van der Waals surface area contributed by atoms with Gasteiger partial charge in [0, 0.05) is 13.3 Å². The molecule has 0 heterocycles. The van der Waals surface area contributed by atoms with Crippen LogP contribution in [0.5, 0.6) is 0 Å². The van der Waals surface area contributed by atoms with Gasteiger partial charge in [-0.1, -0.05) is 104 Å². The highest BCUT2D eigenvalue weighted by Gasteiger charge is 2.06. The fourth-order valence-electron chi connectivity index (χ4n) is 2.86. The van der Waals surface area contributed by atoms with E-state index in [-0.39, 0.29) is 30.3 Å². The Hall–Kier alpha value is -3.74. The lowest BCUT2D eigenvalue weighted by Gasteiger charge is -2.11. The van der Waals surface area contributed by atoms with E-state index < -0.39 is 0 Å². The topological polar surface area (TPSA) is 93.1 Å². The smallest absolute Gasteiger partial charge is 0.310 e. The van der Waals surface area contributed by atoms with Crippen LogP contribution in [0.2, 0.25) is 0 Å². The van der Waals surface area contributed by atoms with Crippen molar-refractivity contribution in [2.75, 3.05) is 0 Å². The molecule has 0 fully saturated rings. The van der Waals surface area contributed by atoms with Gasteiger partial charge >= 0.3 is 11.9 Å². The Morgan fingerprint density at radius 2 is 1.13 bits per heavy atom. The molecule has 3 aromatic rings. The summed E-state index contributed by atoms with van der Waals surface area (Å²) in [5.74, 6) is -0.450. The number of hydrogen-bond donors (Lipinski definition) is 2. The summed E-state index contributed by atoms with van der Waals surface area (Å²) in [6.07, 6.45) is 1.62. The number of benzene rings is 3. The van der Waals surface area contributed by atoms with Crippen LogP contribution in [0.15, 0.2) is 104 Å². The van der Waals surface area contributed by atoms with Crippen LogP contribution in [-0.4, -0.2) is 22.2 Å². The van der Waals surface area contributed by atoms with E-state index in [0.717, 1.165) is 29.4 Å². The molecule has 1 unspecified atom stereocenters. The van der Waals surface area contributed by atoms with Gasteiger partial charge in [-0.25, -0.2) is 0 Å². The maximum atomic E-state index is 10.6. The minimum Gasteiger partial charge on any atom is -0.458 e. The molecule has 0 amide bonds. The predicted octanol–water partition coefficient (Wildman–Crippen LogP) is 7.26. The highest BCUT2D eigenvalue weighted by Crippen LogP contribution is 2.15. The van der Waals surface area contributed by atoms with Crippen LogP contribution in [0.3, 0.4) is 0 Å². The summed E-state index contributed by atoms with van der Waals surface area (Å²) in [6.45, 7) is 12.0. The first kappa shape index (κ1) is 34.3. The highest BCUT2D eigenvalue weighted by molar-refractivity contribution is 5.69. The summed E-state index contributed by atoms with van der Waals surface area (Å²) < 4.78 is 9.40. The average Bonchev–Trinajstić information content (AvgIpc) is 2.91. The third-order valence-corrected chi connectivity index (χ3v) is 4.84. The molecule has 38 heavy (non-hydrogen) atoms. The zero-order valence-electron chi connectivity index (χ0n) is 23.1. The Balaban J connectivity index is 0.000000487. The third kappa shape index (κ3) is 17.7. The van der Waals surface area contributed by atoms with Gasteiger partial charge in [-0.15, -0.1) is 0 Å². The van der Waals surface area contributed by atoms with Crippen LogP contribution < -0.4 is 0 Å². The molecule has 0 aliphatic rings. The number of aliphatic hydroxyl groups excluding tert-OH is 2. The Bertz CT molecular complexity index is 958. The standard InChI is InChI=1S/C10H12O2.2C8H10O.C6H10O2/c1-8(12-9(2)11)10-6-4-3-5-7-10;2*1-7(9)8-5-3-2-4-6-8;1-3-5-6(7)8-4-2/h3-8H,1-2H3;2*2-7,9H,1H3;4H,2-3,5H2,1H3/t8-;7-;;/m01../s1. The van der Waals surface area contributed by atoms with Crippen molar-refractivity contribution in [3.63, 3.8) is 0 Å². The number of carbonyl (C=O) groups is 2. The fraction of sp³-hybridized carbons (Fsp3) is 0.312. The Kier molecular flexibility index (Phi) is 19.3. The minimum absolute atomic E-state index is 0.149. The number of esters is 2. The van der Waals surface area contributed by atoms with Crippen LogP contribution >= 0.6 is 0 Å². The number of carbonyl (C=O) groups excluding carboxylic acids is 2. The van der Waals surface area contributed by atoms with Gasteiger partial charge in [-0.3, -0.25) is 9.59 Å². The van der Waals surface area contributed by atoms with Crippen LogP contribution in [0.1, 0.15) is 82.5 Å². The van der Waals surface area contributed by atoms with Crippen molar-refractivity contribution in [1.29, 1.82) is 0 Å². The van der Waals surface area contributed by atoms with E-state index in [1.807, 2.05) is 105 Å². The van der Waals surface area contributed by atoms with Crippen molar-refractivity contribution in [3.05, 3.63) is 121 Å². The monoisotopic (exact) mass is 522 g/mol. The molecular weight excluding hydrogens is 480 g/mol. The van der Waals surface area contributed by atoms with Crippen molar-refractivity contribution < 1.29 is 29.3 Å². The molecule has 0 bridgehead atoms. The molecule has 0 saturated carbocycles. The molecule has 0 spiro atoms. The summed E-state index contributed by atoms with van der Waals surface area (Å²) in [7, 11) is 0. The molecule has 206 valence electrons. The van der Waals surface area contributed by atoms with Gasteiger partial charge in [-0.05, 0) is 43.9 Å². The summed E-state index contributed by atoms with van der Waals surface area (Å²) >= 11 is 0. The van der Waals surface area contributed by atoms with Gasteiger partial charge in [0.25, 0.3) is 0 Å². The quantitative estimate of drug-likeness (QED) is 0.250. The Morgan fingerprint density at radius 3 is 1.39 bits per heavy atom. The van der Waals surface area contributed by atoms with Crippen molar-refractivity contribution in [3.8, 4) is 0 Å². The number of hydrogen-bond acceptors (Lipinski definition) is 6. The maximum absolute atomic E-state index is 10.6. The second kappa shape index (κ2) is 21.4. The normalized spacial score (nSPS) is 11.8. The van der Waals surface area contributed by atoms with Gasteiger partial charge < -0.3 is 19.7 Å². The zero-order valence-corrected chi connectivity index (χ0v) is 23.1. The van der Waals surface area contributed by atoms with E-state index in [1.54, 1.807) is 13.8 Å². The number of aliphatic hydroxyl groups is 2. The summed E-state index contributed by atoms with van der Waals surface area (Å²) in [5, 5.41) is 18.0. The molecule has 0 aromatic heterocycles. The maximum Gasteiger partial charge on any atom is 0.310 e. The first-order chi connectivity index (χ1) is 18.1. The molecule has 3 aromatic carbocycles. The molecule has 6 nitrogen and oxygen atoms in total. The number of rotatable bonds is 7. The lowest BCUT2D eigenvalue weighted by Crippen LogP contribution is -2.04. The van der Waals surface area contributed by atoms with Crippen molar-refractivity contribution >= 4 is 11.9 Å². The largest absolute Gasteiger partial charge is 0.458 e.